The highest BCUT2D eigenvalue weighted by Gasteiger charge is 2.09. The maximum Gasteiger partial charge on any atom is 0.144 e. The minimum absolute atomic E-state index is 0.100. The molecule has 0 fully saturated rings. The van der Waals surface area contributed by atoms with Crippen LogP contribution in [0.4, 0.5) is 0 Å². The minimum atomic E-state index is 0.100. The number of hydrogen-bond acceptors (Lipinski definition) is 3. The number of benzene rings is 1. The van der Waals surface area contributed by atoms with Gasteiger partial charge in [0, 0.05) is 18.5 Å². The Morgan fingerprint density at radius 1 is 1.41 bits per heavy atom. The topological polar surface area (TPSA) is 47.8 Å². The molecule has 0 bridgehead atoms. The number of carbonyl (C=O) groups is 1. The summed E-state index contributed by atoms with van der Waals surface area (Å²) in [5.74, 6) is 0.778. The summed E-state index contributed by atoms with van der Waals surface area (Å²) < 4.78 is 1.61. The fourth-order valence-electron chi connectivity index (χ4n) is 1.59. The predicted molar refractivity (Wildman–Crippen MR) is 64.9 cm³/mol. The third kappa shape index (κ3) is 3.14. The van der Waals surface area contributed by atoms with Gasteiger partial charge in [0.15, 0.2) is 0 Å². The number of rotatable bonds is 4. The van der Waals surface area contributed by atoms with Gasteiger partial charge < -0.3 is 0 Å². The normalized spacial score (nSPS) is 10.5. The van der Waals surface area contributed by atoms with Crippen molar-refractivity contribution in [1.82, 2.24) is 14.8 Å². The average molecular weight is 250 g/mol. The van der Waals surface area contributed by atoms with Crippen molar-refractivity contribution in [2.24, 2.45) is 7.05 Å². The highest BCUT2D eigenvalue weighted by Crippen LogP contribution is 2.11. The van der Waals surface area contributed by atoms with Gasteiger partial charge in [-0.2, -0.15) is 5.10 Å². The summed E-state index contributed by atoms with van der Waals surface area (Å²) in [6.07, 6.45) is 2.11. The van der Waals surface area contributed by atoms with Crippen LogP contribution in [0.3, 0.4) is 0 Å². The van der Waals surface area contributed by atoms with Gasteiger partial charge in [-0.3, -0.25) is 9.48 Å². The average Bonchev–Trinajstić information content (AvgIpc) is 2.64. The van der Waals surface area contributed by atoms with Crippen LogP contribution in [0, 0.1) is 0 Å². The molecule has 0 aliphatic heterocycles. The van der Waals surface area contributed by atoms with Gasteiger partial charge in [0.05, 0.1) is 6.42 Å². The van der Waals surface area contributed by atoms with E-state index in [1.165, 1.54) is 6.33 Å². The SMILES string of the molecule is Cn1ncnc1CC(=O)Cc1cccc(Cl)c1. The molecule has 0 N–H and O–H groups in total. The van der Waals surface area contributed by atoms with Crippen LogP contribution in [-0.4, -0.2) is 20.5 Å². The summed E-state index contributed by atoms with van der Waals surface area (Å²) in [6.45, 7) is 0. The molecule has 0 saturated heterocycles. The Morgan fingerprint density at radius 2 is 2.24 bits per heavy atom. The summed E-state index contributed by atoms with van der Waals surface area (Å²) in [7, 11) is 1.77. The Kier molecular flexibility index (Phi) is 3.54. The highest BCUT2D eigenvalue weighted by atomic mass is 35.5. The van der Waals surface area contributed by atoms with Crippen LogP contribution in [-0.2, 0) is 24.7 Å². The molecule has 0 spiro atoms. The quantitative estimate of drug-likeness (QED) is 0.831. The number of halogens is 1. The van der Waals surface area contributed by atoms with Gasteiger partial charge in [0.2, 0.25) is 0 Å². The number of aryl methyl sites for hydroxylation is 1. The van der Waals surface area contributed by atoms with Crippen molar-refractivity contribution in [3.63, 3.8) is 0 Å². The predicted octanol–water partition coefficient (Wildman–Crippen LogP) is 1.82. The first kappa shape index (κ1) is 11.8. The number of aromatic nitrogens is 3. The maximum absolute atomic E-state index is 11.8. The van der Waals surface area contributed by atoms with Crippen LogP contribution < -0.4 is 0 Å². The van der Waals surface area contributed by atoms with Crippen LogP contribution in [0.2, 0.25) is 5.02 Å². The fraction of sp³-hybridized carbons (Fsp3) is 0.250. The molecule has 1 aromatic carbocycles. The van der Waals surface area contributed by atoms with Gasteiger partial charge in [-0.05, 0) is 17.7 Å². The molecular weight excluding hydrogens is 238 g/mol. The maximum atomic E-state index is 11.8. The van der Waals surface area contributed by atoms with E-state index >= 15 is 0 Å². The van der Waals surface area contributed by atoms with Gasteiger partial charge in [-0.25, -0.2) is 4.98 Å². The van der Waals surface area contributed by atoms with Gasteiger partial charge >= 0.3 is 0 Å². The lowest BCUT2D eigenvalue weighted by molar-refractivity contribution is -0.117. The molecule has 0 unspecified atom stereocenters. The lowest BCUT2D eigenvalue weighted by atomic mass is 10.1. The van der Waals surface area contributed by atoms with Crippen molar-refractivity contribution in [2.75, 3.05) is 0 Å². The largest absolute Gasteiger partial charge is 0.299 e. The van der Waals surface area contributed by atoms with Crippen LogP contribution >= 0.6 is 11.6 Å². The number of carbonyl (C=O) groups excluding carboxylic acids is 1. The van der Waals surface area contributed by atoms with Gasteiger partial charge in [0.1, 0.15) is 17.9 Å². The zero-order valence-corrected chi connectivity index (χ0v) is 10.2. The number of nitrogens with zero attached hydrogens (tertiary/aromatic N) is 3. The number of Topliss-reactive ketones (excluding diaryl/α,β-unsaturated/α-hetero) is 1. The molecule has 4 nitrogen and oxygen atoms in total. The van der Waals surface area contributed by atoms with Gasteiger partial charge in [0.25, 0.3) is 0 Å². The molecule has 1 heterocycles. The van der Waals surface area contributed by atoms with Crippen molar-refractivity contribution < 1.29 is 4.79 Å². The highest BCUT2D eigenvalue weighted by molar-refractivity contribution is 6.30. The van der Waals surface area contributed by atoms with E-state index < -0.39 is 0 Å². The molecule has 2 aromatic rings. The molecule has 88 valence electrons. The molecule has 0 aliphatic rings. The fourth-order valence-corrected chi connectivity index (χ4v) is 1.81. The summed E-state index contributed by atoms with van der Waals surface area (Å²) >= 11 is 5.86. The van der Waals surface area contributed by atoms with Crippen molar-refractivity contribution in [2.45, 2.75) is 12.8 Å². The van der Waals surface area contributed by atoms with Crippen molar-refractivity contribution >= 4 is 17.4 Å². The Balaban J connectivity index is 2.01. The van der Waals surface area contributed by atoms with Crippen LogP contribution in [0.1, 0.15) is 11.4 Å². The summed E-state index contributed by atoms with van der Waals surface area (Å²) in [5.41, 5.74) is 0.921. The first-order chi connectivity index (χ1) is 8.15. The molecule has 5 heteroatoms. The smallest absolute Gasteiger partial charge is 0.144 e. The molecule has 1 aromatic heterocycles. The second-order valence-corrected chi connectivity index (χ2v) is 4.26. The zero-order valence-electron chi connectivity index (χ0n) is 9.43. The molecule has 2 rings (SSSR count). The number of hydrogen-bond donors (Lipinski definition) is 0. The van der Waals surface area contributed by atoms with E-state index in [0.717, 1.165) is 5.56 Å². The molecular formula is C12H12ClN3O. The van der Waals surface area contributed by atoms with E-state index in [0.29, 0.717) is 23.7 Å². The Bertz CT molecular complexity index is 536. The van der Waals surface area contributed by atoms with E-state index in [9.17, 15) is 4.79 Å². The van der Waals surface area contributed by atoms with E-state index in [1.54, 1.807) is 23.9 Å². The Labute approximate surface area is 104 Å². The van der Waals surface area contributed by atoms with Gasteiger partial charge in [-0.1, -0.05) is 23.7 Å². The first-order valence-corrected chi connectivity index (χ1v) is 5.62. The molecule has 0 saturated carbocycles. The standard InChI is InChI=1S/C12H12ClN3O/c1-16-12(14-8-15-16)7-11(17)6-9-3-2-4-10(13)5-9/h2-5,8H,6-7H2,1H3. The molecule has 0 radical (unpaired) electrons. The minimum Gasteiger partial charge on any atom is -0.299 e. The second kappa shape index (κ2) is 5.10. The molecule has 0 atom stereocenters. The van der Waals surface area contributed by atoms with Crippen molar-refractivity contribution in [3.8, 4) is 0 Å². The van der Waals surface area contributed by atoms with E-state index in [-0.39, 0.29) is 5.78 Å². The summed E-state index contributed by atoms with van der Waals surface area (Å²) in [6, 6.07) is 7.32. The Morgan fingerprint density at radius 3 is 2.88 bits per heavy atom. The lowest BCUT2D eigenvalue weighted by Crippen LogP contribution is -2.11. The van der Waals surface area contributed by atoms with Crippen molar-refractivity contribution in [1.29, 1.82) is 0 Å². The molecule has 0 aliphatic carbocycles. The Hall–Kier alpha value is -1.68. The van der Waals surface area contributed by atoms with E-state index in [1.807, 2.05) is 12.1 Å². The third-order valence-electron chi connectivity index (χ3n) is 2.45. The van der Waals surface area contributed by atoms with E-state index in [2.05, 4.69) is 10.1 Å². The zero-order chi connectivity index (χ0) is 12.3. The summed E-state index contributed by atoms with van der Waals surface area (Å²) in [5, 5.41) is 4.57. The molecule has 0 amide bonds. The second-order valence-electron chi connectivity index (χ2n) is 3.82. The van der Waals surface area contributed by atoms with E-state index in [4.69, 9.17) is 11.6 Å². The van der Waals surface area contributed by atoms with Crippen LogP contribution in [0.15, 0.2) is 30.6 Å². The lowest BCUT2D eigenvalue weighted by Gasteiger charge is -2.01. The van der Waals surface area contributed by atoms with Gasteiger partial charge in [-0.15, -0.1) is 0 Å². The monoisotopic (exact) mass is 249 g/mol. The van der Waals surface area contributed by atoms with Crippen LogP contribution in [0.5, 0.6) is 0 Å². The summed E-state index contributed by atoms with van der Waals surface area (Å²) in [4.78, 5) is 15.8. The third-order valence-corrected chi connectivity index (χ3v) is 2.69. The van der Waals surface area contributed by atoms with Crippen molar-refractivity contribution in [3.05, 3.63) is 47.0 Å². The first-order valence-electron chi connectivity index (χ1n) is 5.24. The number of ketones is 1. The molecule has 17 heavy (non-hydrogen) atoms. The van der Waals surface area contributed by atoms with Crippen LogP contribution in [0.25, 0.3) is 0 Å².